The Bertz CT molecular complexity index is 409. The maximum absolute atomic E-state index is 13.6. The van der Waals surface area contributed by atoms with E-state index in [1.165, 1.54) is 17.7 Å². The van der Waals surface area contributed by atoms with Gasteiger partial charge in [-0.15, -0.1) is 0 Å². The van der Waals surface area contributed by atoms with Crippen molar-refractivity contribution in [2.24, 2.45) is 0 Å². The molecule has 0 aliphatic carbocycles. The fraction of sp³-hybridized carbons (Fsp3) is 0.467. The van der Waals surface area contributed by atoms with Crippen LogP contribution in [0.3, 0.4) is 0 Å². The summed E-state index contributed by atoms with van der Waals surface area (Å²) >= 11 is 0. The van der Waals surface area contributed by atoms with Gasteiger partial charge in [0.1, 0.15) is 11.6 Å². The minimum absolute atomic E-state index is 0.0925. The van der Waals surface area contributed by atoms with Crippen molar-refractivity contribution in [2.45, 2.75) is 39.7 Å². The van der Waals surface area contributed by atoms with Crippen molar-refractivity contribution >= 4 is 0 Å². The molecule has 1 rings (SSSR count). The first-order chi connectivity index (χ1) is 8.52. The maximum Gasteiger partial charge on any atom is 0.129 e. The molecule has 1 unspecified atom stereocenters. The fourth-order valence-electron chi connectivity index (χ4n) is 1.85. The third-order valence-electron chi connectivity index (χ3n) is 2.65. The lowest BCUT2D eigenvalue weighted by atomic mass is 10.0. The Labute approximate surface area is 108 Å². The van der Waals surface area contributed by atoms with Gasteiger partial charge in [-0.2, -0.15) is 0 Å². The Balaban J connectivity index is 2.78. The molecule has 1 nitrogen and oxygen atoms in total. The fourth-order valence-corrected chi connectivity index (χ4v) is 1.85. The van der Waals surface area contributed by atoms with Crippen LogP contribution in [-0.4, -0.2) is 12.6 Å². The molecule has 0 saturated heterocycles. The predicted molar refractivity (Wildman–Crippen MR) is 71.6 cm³/mol. The zero-order chi connectivity index (χ0) is 13.5. The van der Waals surface area contributed by atoms with E-state index in [0.717, 1.165) is 19.0 Å². The summed E-state index contributed by atoms with van der Waals surface area (Å²) < 4.78 is 26.4. The summed E-state index contributed by atoms with van der Waals surface area (Å²) in [5.41, 5.74) is 1.73. The topological polar surface area (TPSA) is 12.0 Å². The zero-order valence-corrected chi connectivity index (χ0v) is 11.3. The highest BCUT2D eigenvalue weighted by molar-refractivity contribution is 5.21. The van der Waals surface area contributed by atoms with Gasteiger partial charge in [0.25, 0.3) is 0 Å². The number of nitrogens with one attached hydrogen (secondary N) is 1. The van der Waals surface area contributed by atoms with Gasteiger partial charge < -0.3 is 5.32 Å². The maximum atomic E-state index is 13.6. The van der Waals surface area contributed by atoms with Crippen LogP contribution in [0.1, 0.15) is 32.8 Å². The number of halogens is 2. The molecule has 0 aliphatic rings. The minimum Gasteiger partial charge on any atom is -0.310 e. The van der Waals surface area contributed by atoms with E-state index < -0.39 is 11.6 Å². The Kier molecular flexibility index (Phi) is 5.99. The number of hydrogen-bond acceptors (Lipinski definition) is 1. The molecule has 1 aromatic carbocycles. The van der Waals surface area contributed by atoms with Crippen molar-refractivity contribution in [1.29, 1.82) is 0 Å². The van der Waals surface area contributed by atoms with Crippen LogP contribution in [0, 0.1) is 11.6 Å². The van der Waals surface area contributed by atoms with Gasteiger partial charge >= 0.3 is 0 Å². The predicted octanol–water partition coefficient (Wildman–Crippen LogP) is 3.84. The van der Waals surface area contributed by atoms with Crippen LogP contribution in [0.25, 0.3) is 0 Å². The van der Waals surface area contributed by atoms with E-state index >= 15 is 0 Å². The summed E-state index contributed by atoms with van der Waals surface area (Å²) in [5, 5.41) is 3.35. The molecule has 1 atom stereocenters. The van der Waals surface area contributed by atoms with Crippen molar-refractivity contribution in [1.82, 2.24) is 5.32 Å². The highest BCUT2D eigenvalue weighted by Crippen LogP contribution is 2.13. The normalized spacial score (nSPS) is 12.3. The molecule has 0 amide bonds. The molecular weight excluding hydrogens is 232 g/mol. The van der Waals surface area contributed by atoms with E-state index in [2.05, 4.69) is 18.3 Å². The Morgan fingerprint density at radius 3 is 2.61 bits per heavy atom. The van der Waals surface area contributed by atoms with Gasteiger partial charge in [-0.25, -0.2) is 8.78 Å². The molecule has 0 spiro atoms. The molecule has 0 aromatic heterocycles. The Hall–Kier alpha value is -1.22. The first kappa shape index (κ1) is 14.8. The van der Waals surface area contributed by atoms with Crippen LogP contribution < -0.4 is 5.32 Å². The van der Waals surface area contributed by atoms with E-state index in [-0.39, 0.29) is 6.04 Å². The highest BCUT2D eigenvalue weighted by Gasteiger charge is 2.10. The Morgan fingerprint density at radius 2 is 2.06 bits per heavy atom. The number of allylic oxidation sites excluding steroid dienone is 1. The first-order valence-corrected chi connectivity index (χ1v) is 6.35. The monoisotopic (exact) mass is 253 g/mol. The van der Waals surface area contributed by atoms with Crippen molar-refractivity contribution in [2.75, 3.05) is 6.54 Å². The second kappa shape index (κ2) is 7.27. The molecular formula is C15H21F2N. The smallest absolute Gasteiger partial charge is 0.129 e. The SMILES string of the molecule is CCCNC(C=C(C)C)Cc1ccc(F)cc1F. The number of benzene rings is 1. The first-order valence-electron chi connectivity index (χ1n) is 6.35. The van der Waals surface area contributed by atoms with Crippen molar-refractivity contribution < 1.29 is 8.78 Å². The van der Waals surface area contributed by atoms with Gasteiger partial charge in [0, 0.05) is 12.1 Å². The molecule has 1 N–H and O–H groups in total. The van der Waals surface area contributed by atoms with Crippen LogP contribution in [0.2, 0.25) is 0 Å². The standard InChI is InChI=1S/C15H21F2N/c1-4-7-18-14(8-11(2)3)9-12-5-6-13(16)10-15(12)17/h5-6,8,10,14,18H,4,7,9H2,1-3H3. The van der Waals surface area contributed by atoms with Crippen LogP contribution in [0.15, 0.2) is 29.8 Å². The summed E-state index contributed by atoms with van der Waals surface area (Å²) in [6, 6.07) is 3.85. The molecule has 0 heterocycles. The average Bonchev–Trinajstić information content (AvgIpc) is 2.29. The lowest BCUT2D eigenvalue weighted by Gasteiger charge is -2.16. The molecule has 0 fully saturated rings. The van der Waals surface area contributed by atoms with Crippen molar-refractivity contribution in [3.8, 4) is 0 Å². The van der Waals surface area contributed by atoms with E-state index in [0.29, 0.717) is 12.0 Å². The lowest BCUT2D eigenvalue weighted by molar-refractivity contribution is 0.542. The van der Waals surface area contributed by atoms with E-state index in [9.17, 15) is 8.78 Å². The van der Waals surface area contributed by atoms with Crippen LogP contribution in [0.5, 0.6) is 0 Å². The highest BCUT2D eigenvalue weighted by atomic mass is 19.1. The van der Waals surface area contributed by atoms with Gasteiger partial charge in [0.05, 0.1) is 0 Å². The van der Waals surface area contributed by atoms with Gasteiger partial charge in [-0.1, -0.05) is 24.6 Å². The third kappa shape index (κ3) is 4.96. The molecule has 1 aromatic rings. The molecule has 3 heteroatoms. The summed E-state index contributed by atoms with van der Waals surface area (Å²) in [6.45, 7) is 7.01. The van der Waals surface area contributed by atoms with E-state index in [1.807, 2.05) is 13.8 Å². The molecule has 0 radical (unpaired) electrons. The Morgan fingerprint density at radius 1 is 1.33 bits per heavy atom. The van der Waals surface area contributed by atoms with Gasteiger partial charge in [0.15, 0.2) is 0 Å². The molecule has 0 aliphatic heterocycles. The summed E-state index contributed by atoms with van der Waals surface area (Å²) in [5.74, 6) is -1.00. The summed E-state index contributed by atoms with van der Waals surface area (Å²) in [6.07, 6.45) is 3.65. The van der Waals surface area contributed by atoms with Gasteiger partial charge in [0.2, 0.25) is 0 Å². The van der Waals surface area contributed by atoms with Crippen molar-refractivity contribution in [3.63, 3.8) is 0 Å². The van der Waals surface area contributed by atoms with Gasteiger partial charge in [-0.05, 0) is 44.9 Å². The lowest BCUT2D eigenvalue weighted by Crippen LogP contribution is -2.30. The second-order valence-corrected chi connectivity index (χ2v) is 4.74. The molecule has 0 saturated carbocycles. The third-order valence-corrected chi connectivity index (χ3v) is 2.65. The molecule has 100 valence electrons. The number of rotatable bonds is 6. The summed E-state index contributed by atoms with van der Waals surface area (Å²) in [4.78, 5) is 0. The molecule has 0 bridgehead atoms. The van der Waals surface area contributed by atoms with E-state index in [4.69, 9.17) is 0 Å². The zero-order valence-electron chi connectivity index (χ0n) is 11.3. The van der Waals surface area contributed by atoms with Crippen LogP contribution in [0.4, 0.5) is 8.78 Å². The molecule has 18 heavy (non-hydrogen) atoms. The quantitative estimate of drug-likeness (QED) is 0.759. The van der Waals surface area contributed by atoms with Gasteiger partial charge in [-0.3, -0.25) is 0 Å². The second-order valence-electron chi connectivity index (χ2n) is 4.74. The minimum atomic E-state index is -0.531. The largest absolute Gasteiger partial charge is 0.310 e. The van der Waals surface area contributed by atoms with Crippen molar-refractivity contribution in [3.05, 3.63) is 47.0 Å². The number of hydrogen-bond donors (Lipinski definition) is 1. The average molecular weight is 253 g/mol. The van der Waals surface area contributed by atoms with Crippen LogP contribution in [-0.2, 0) is 6.42 Å². The van der Waals surface area contributed by atoms with E-state index in [1.54, 1.807) is 0 Å². The van der Waals surface area contributed by atoms with Crippen LogP contribution >= 0.6 is 0 Å². The summed E-state index contributed by atoms with van der Waals surface area (Å²) in [7, 11) is 0.